The molecule has 0 radical (unpaired) electrons. The number of ketones is 1. The zero-order valence-electron chi connectivity index (χ0n) is 14.0. The lowest BCUT2D eigenvalue weighted by atomic mass is 9.79. The number of alkyl halides is 2. The van der Waals surface area contributed by atoms with Gasteiger partial charge in [-0.05, 0) is 24.8 Å². The summed E-state index contributed by atoms with van der Waals surface area (Å²) in [5.41, 5.74) is -0.892. The number of hydrogen-bond acceptors (Lipinski definition) is 3. The number of nitrogens with zero attached hydrogens (tertiary/aromatic N) is 2. The SMILES string of the molecule is CC(C)(C)C(=O)/C(C#N)=C\[C@]1(C)CCCCN(CC(F)F)C1. The molecule has 0 aliphatic carbocycles. The van der Waals surface area contributed by atoms with E-state index in [0.29, 0.717) is 13.1 Å². The quantitative estimate of drug-likeness (QED) is 0.585. The minimum absolute atomic E-state index is 0.147. The number of rotatable bonds is 4. The molecule has 0 N–H and O–H groups in total. The number of nitriles is 1. The number of carbonyl (C=O) groups excluding carboxylic acids is 1. The predicted molar refractivity (Wildman–Crippen MR) is 82.6 cm³/mol. The molecule has 0 bridgehead atoms. The van der Waals surface area contributed by atoms with Crippen LogP contribution in [0.25, 0.3) is 0 Å². The smallest absolute Gasteiger partial charge is 0.251 e. The van der Waals surface area contributed by atoms with E-state index >= 15 is 0 Å². The Balaban J connectivity index is 3.01. The third-order valence-corrected chi connectivity index (χ3v) is 3.99. The number of allylic oxidation sites excluding steroid dienone is 1. The van der Waals surface area contributed by atoms with Gasteiger partial charge >= 0.3 is 0 Å². The van der Waals surface area contributed by atoms with Crippen molar-refractivity contribution in [1.29, 1.82) is 5.26 Å². The van der Waals surface area contributed by atoms with Gasteiger partial charge in [0.1, 0.15) is 6.07 Å². The first-order valence-corrected chi connectivity index (χ1v) is 7.76. The van der Waals surface area contributed by atoms with Gasteiger partial charge in [0.05, 0.1) is 12.1 Å². The van der Waals surface area contributed by atoms with Gasteiger partial charge in [-0.15, -0.1) is 0 Å². The Bertz CT molecular complexity index is 474. The molecule has 0 aromatic rings. The molecule has 0 saturated carbocycles. The average Bonchev–Trinajstić information content (AvgIpc) is 2.55. The summed E-state index contributed by atoms with van der Waals surface area (Å²) in [5, 5.41) is 9.31. The van der Waals surface area contributed by atoms with Crippen molar-refractivity contribution >= 4 is 5.78 Å². The first-order chi connectivity index (χ1) is 10.1. The number of Topliss-reactive ketones (excluding diaryl/α,β-unsaturated/α-hetero) is 1. The van der Waals surface area contributed by atoms with Crippen LogP contribution in [0.3, 0.4) is 0 Å². The van der Waals surface area contributed by atoms with Gasteiger partial charge in [-0.25, -0.2) is 8.78 Å². The van der Waals surface area contributed by atoms with E-state index in [1.165, 1.54) is 0 Å². The van der Waals surface area contributed by atoms with Crippen molar-refractivity contribution in [1.82, 2.24) is 4.90 Å². The van der Waals surface area contributed by atoms with Crippen LogP contribution in [0.5, 0.6) is 0 Å². The maximum Gasteiger partial charge on any atom is 0.251 e. The Labute approximate surface area is 132 Å². The molecule has 0 aromatic carbocycles. The molecule has 1 heterocycles. The molecule has 0 unspecified atom stereocenters. The van der Waals surface area contributed by atoms with Gasteiger partial charge in [-0.1, -0.05) is 40.2 Å². The summed E-state index contributed by atoms with van der Waals surface area (Å²) in [5.74, 6) is -0.194. The third-order valence-electron chi connectivity index (χ3n) is 3.99. The fourth-order valence-corrected chi connectivity index (χ4v) is 2.90. The number of carbonyl (C=O) groups is 1. The van der Waals surface area contributed by atoms with Crippen LogP contribution >= 0.6 is 0 Å². The summed E-state index contributed by atoms with van der Waals surface area (Å²) >= 11 is 0. The highest BCUT2D eigenvalue weighted by Crippen LogP contribution is 2.33. The molecule has 1 atom stereocenters. The lowest BCUT2D eigenvalue weighted by molar-refractivity contribution is -0.122. The Morgan fingerprint density at radius 3 is 2.55 bits per heavy atom. The minimum atomic E-state index is -2.36. The molecule has 1 aliphatic heterocycles. The molecule has 1 saturated heterocycles. The van der Waals surface area contributed by atoms with E-state index in [0.717, 1.165) is 19.3 Å². The van der Waals surface area contributed by atoms with Crippen LogP contribution in [0, 0.1) is 22.2 Å². The molecule has 1 fully saturated rings. The Morgan fingerprint density at radius 2 is 2.05 bits per heavy atom. The normalized spacial score (nSPS) is 24.9. The Hall–Kier alpha value is -1.28. The molecule has 3 nitrogen and oxygen atoms in total. The van der Waals surface area contributed by atoms with Crippen LogP contribution < -0.4 is 0 Å². The summed E-state index contributed by atoms with van der Waals surface area (Å²) in [7, 11) is 0. The van der Waals surface area contributed by atoms with Crippen LogP contribution in [-0.4, -0.2) is 36.7 Å². The van der Waals surface area contributed by atoms with E-state index in [1.807, 2.05) is 13.0 Å². The topological polar surface area (TPSA) is 44.1 Å². The Morgan fingerprint density at radius 1 is 1.41 bits per heavy atom. The first-order valence-electron chi connectivity index (χ1n) is 7.76. The van der Waals surface area contributed by atoms with Crippen molar-refractivity contribution < 1.29 is 13.6 Å². The van der Waals surface area contributed by atoms with Gasteiger partial charge in [0, 0.05) is 12.0 Å². The summed E-state index contributed by atoms with van der Waals surface area (Å²) in [4.78, 5) is 14.1. The van der Waals surface area contributed by atoms with Gasteiger partial charge in [-0.3, -0.25) is 9.69 Å². The number of hydrogen-bond donors (Lipinski definition) is 0. The van der Waals surface area contributed by atoms with Crippen molar-refractivity contribution in [2.24, 2.45) is 10.8 Å². The molecule has 0 amide bonds. The largest absolute Gasteiger partial charge is 0.297 e. The summed E-state index contributed by atoms with van der Waals surface area (Å²) in [6.07, 6.45) is 1.93. The molecule has 124 valence electrons. The summed E-state index contributed by atoms with van der Waals surface area (Å²) in [6, 6.07) is 2.00. The van der Waals surface area contributed by atoms with E-state index in [4.69, 9.17) is 0 Å². The molecule has 0 spiro atoms. The van der Waals surface area contributed by atoms with Crippen molar-refractivity contribution in [3.05, 3.63) is 11.6 Å². The van der Waals surface area contributed by atoms with Gasteiger partial charge < -0.3 is 0 Å². The molecule has 1 rings (SSSR count). The maximum atomic E-state index is 12.7. The molecule has 5 heteroatoms. The predicted octanol–water partition coefficient (Wildman–Crippen LogP) is 3.81. The van der Waals surface area contributed by atoms with Gasteiger partial charge in [0.25, 0.3) is 6.43 Å². The van der Waals surface area contributed by atoms with Crippen molar-refractivity contribution in [3.63, 3.8) is 0 Å². The molecular formula is C17H26F2N2O. The molecule has 0 aromatic heterocycles. The summed E-state index contributed by atoms with van der Waals surface area (Å²) < 4.78 is 25.3. The molecule has 1 aliphatic rings. The fourth-order valence-electron chi connectivity index (χ4n) is 2.90. The average molecular weight is 312 g/mol. The van der Waals surface area contributed by atoms with E-state index in [1.54, 1.807) is 31.7 Å². The standard InChI is InChI=1S/C17H26F2N2O/c1-16(2,3)15(22)13(10-20)9-17(4)7-5-6-8-21(12-17)11-14(18)19/h9,14H,5-8,11-12H2,1-4H3/b13-9-/t17-/m0/s1. The third kappa shape index (κ3) is 5.49. The fraction of sp³-hybridized carbons (Fsp3) is 0.765. The number of likely N-dealkylation sites (tertiary alicyclic amines) is 1. The zero-order chi connectivity index (χ0) is 17.0. The lowest BCUT2D eigenvalue weighted by Crippen LogP contribution is -2.37. The highest BCUT2D eigenvalue weighted by Gasteiger charge is 2.32. The first kappa shape index (κ1) is 18.8. The van der Waals surface area contributed by atoms with E-state index < -0.39 is 17.3 Å². The highest BCUT2D eigenvalue weighted by atomic mass is 19.3. The van der Waals surface area contributed by atoms with Crippen molar-refractivity contribution in [2.45, 2.75) is 53.4 Å². The van der Waals surface area contributed by atoms with Crippen LogP contribution in [0.15, 0.2) is 11.6 Å². The summed E-state index contributed by atoms with van der Waals surface area (Å²) in [6.45, 7) is 8.13. The number of halogens is 2. The van der Waals surface area contributed by atoms with E-state index in [-0.39, 0.29) is 17.9 Å². The van der Waals surface area contributed by atoms with Crippen LogP contribution in [0.4, 0.5) is 8.78 Å². The van der Waals surface area contributed by atoms with Crippen molar-refractivity contribution in [2.75, 3.05) is 19.6 Å². The van der Waals surface area contributed by atoms with E-state index in [9.17, 15) is 18.8 Å². The van der Waals surface area contributed by atoms with Crippen LogP contribution in [-0.2, 0) is 4.79 Å². The Kier molecular flexibility index (Phi) is 6.25. The zero-order valence-corrected chi connectivity index (χ0v) is 14.0. The van der Waals surface area contributed by atoms with Gasteiger partial charge in [0.2, 0.25) is 0 Å². The second-order valence-electron chi connectivity index (χ2n) is 7.49. The maximum absolute atomic E-state index is 12.7. The second-order valence-corrected chi connectivity index (χ2v) is 7.49. The van der Waals surface area contributed by atoms with Crippen LogP contribution in [0.1, 0.15) is 47.0 Å². The van der Waals surface area contributed by atoms with Crippen LogP contribution in [0.2, 0.25) is 0 Å². The highest BCUT2D eigenvalue weighted by molar-refractivity contribution is 6.02. The van der Waals surface area contributed by atoms with Gasteiger partial charge in [-0.2, -0.15) is 5.26 Å². The monoisotopic (exact) mass is 312 g/mol. The molecular weight excluding hydrogens is 286 g/mol. The van der Waals surface area contributed by atoms with Crippen molar-refractivity contribution in [3.8, 4) is 6.07 Å². The molecule has 22 heavy (non-hydrogen) atoms. The van der Waals surface area contributed by atoms with Gasteiger partial charge in [0.15, 0.2) is 5.78 Å². The lowest BCUT2D eigenvalue weighted by Gasteiger charge is -2.31. The van der Waals surface area contributed by atoms with E-state index in [2.05, 4.69) is 0 Å². The second kappa shape index (κ2) is 7.32. The minimum Gasteiger partial charge on any atom is -0.297 e.